The summed E-state index contributed by atoms with van der Waals surface area (Å²) in [6.07, 6.45) is 2.20. The van der Waals surface area contributed by atoms with Crippen LogP contribution in [0.25, 0.3) is 0 Å². The second kappa shape index (κ2) is 9.65. The van der Waals surface area contributed by atoms with Crippen LogP contribution < -0.4 is 0 Å². The van der Waals surface area contributed by atoms with E-state index in [4.69, 9.17) is 0 Å². The molecule has 0 radical (unpaired) electrons. The zero-order valence-corrected chi connectivity index (χ0v) is 20.8. The lowest BCUT2D eigenvalue weighted by Crippen LogP contribution is -2.38. The van der Waals surface area contributed by atoms with E-state index >= 15 is 0 Å². The Kier molecular flexibility index (Phi) is 6.63. The number of nitrogens with zero attached hydrogens (tertiary/aromatic N) is 3. The number of aromatic nitrogens is 1. The number of halogens is 1. The molecule has 7 heteroatoms. The predicted octanol–water partition coefficient (Wildman–Crippen LogP) is 5.70. The number of likely N-dealkylation sites (tertiary alicyclic amines) is 2. The van der Waals surface area contributed by atoms with Crippen molar-refractivity contribution in [3.63, 3.8) is 0 Å². The molecule has 4 heterocycles. The van der Waals surface area contributed by atoms with E-state index in [1.165, 1.54) is 22.5 Å². The largest absolute Gasteiger partial charge is 0.337 e. The minimum atomic E-state index is -0.167. The summed E-state index contributed by atoms with van der Waals surface area (Å²) in [5, 5.41) is 5.33. The molecule has 0 aliphatic carbocycles. The molecule has 3 aromatic rings. The summed E-state index contributed by atoms with van der Waals surface area (Å²) in [7, 11) is 0. The first-order valence-electron chi connectivity index (χ1n) is 11.7. The van der Waals surface area contributed by atoms with Crippen LogP contribution in [0.3, 0.4) is 0 Å². The van der Waals surface area contributed by atoms with Crippen LogP contribution >= 0.6 is 22.7 Å². The summed E-state index contributed by atoms with van der Waals surface area (Å²) in [4.78, 5) is 23.2. The number of hydrogen-bond donors (Lipinski definition) is 0. The van der Waals surface area contributed by atoms with Gasteiger partial charge in [-0.1, -0.05) is 12.1 Å². The van der Waals surface area contributed by atoms with E-state index in [2.05, 4.69) is 31.6 Å². The molecule has 0 spiro atoms. The van der Waals surface area contributed by atoms with Crippen molar-refractivity contribution in [3.05, 3.63) is 73.6 Å². The average Bonchev–Trinajstić information content (AvgIpc) is 3.54. The Morgan fingerprint density at radius 3 is 2.48 bits per heavy atom. The van der Waals surface area contributed by atoms with Gasteiger partial charge in [-0.15, -0.1) is 11.3 Å². The minimum Gasteiger partial charge on any atom is -0.337 e. The monoisotopic (exact) mass is 483 g/mol. The molecule has 2 saturated heterocycles. The molecule has 2 unspecified atom stereocenters. The smallest absolute Gasteiger partial charge is 0.265 e. The van der Waals surface area contributed by atoms with Crippen LogP contribution in [0.1, 0.15) is 56.2 Å². The molecular weight excluding hydrogens is 453 g/mol. The number of benzene rings is 1. The molecule has 33 heavy (non-hydrogen) atoms. The van der Waals surface area contributed by atoms with Gasteiger partial charge in [-0.3, -0.25) is 4.79 Å². The van der Waals surface area contributed by atoms with Crippen LogP contribution in [-0.2, 0) is 0 Å². The van der Waals surface area contributed by atoms with Crippen LogP contribution in [0.2, 0.25) is 0 Å². The van der Waals surface area contributed by atoms with Crippen molar-refractivity contribution in [2.24, 2.45) is 5.92 Å². The highest BCUT2D eigenvalue weighted by Crippen LogP contribution is 2.37. The topological polar surface area (TPSA) is 36.4 Å². The summed E-state index contributed by atoms with van der Waals surface area (Å²) in [6, 6.07) is 9.24. The number of thiophene rings is 1. The maximum atomic E-state index is 13.3. The molecule has 2 atom stereocenters. The SMILES string of the molecule is Cc1nc(C)c(C(=O)N2CC(CN3CCC(c4ccc(F)cc4)CC3)C(c3ccsc3)C2)s1. The van der Waals surface area contributed by atoms with Gasteiger partial charge in [0.2, 0.25) is 0 Å². The zero-order chi connectivity index (χ0) is 22.9. The Bertz CT molecular complexity index is 1090. The number of hydrogen-bond acceptors (Lipinski definition) is 5. The van der Waals surface area contributed by atoms with E-state index in [1.807, 2.05) is 26.0 Å². The highest BCUT2D eigenvalue weighted by molar-refractivity contribution is 7.13. The molecule has 2 aromatic heterocycles. The third-order valence-corrected chi connectivity index (χ3v) is 8.98. The van der Waals surface area contributed by atoms with Gasteiger partial charge in [0.25, 0.3) is 5.91 Å². The predicted molar refractivity (Wildman–Crippen MR) is 133 cm³/mol. The van der Waals surface area contributed by atoms with Crippen molar-refractivity contribution in [3.8, 4) is 0 Å². The fourth-order valence-electron chi connectivity index (χ4n) is 5.47. The van der Waals surface area contributed by atoms with Crippen molar-refractivity contribution in [2.45, 2.75) is 38.5 Å². The van der Waals surface area contributed by atoms with E-state index in [0.717, 1.165) is 61.1 Å². The van der Waals surface area contributed by atoms with E-state index in [-0.39, 0.29) is 11.7 Å². The van der Waals surface area contributed by atoms with Gasteiger partial charge in [-0.25, -0.2) is 9.37 Å². The maximum absolute atomic E-state index is 13.3. The molecule has 5 rings (SSSR count). The van der Waals surface area contributed by atoms with Crippen LogP contribution in [0, 0.1) is 25.6 Å². The Labute approximate surface area is 203 Å². The van der Waals surface area contributed by atoms with Gasteiger partial charge in [0.1, 0.15) is 10.7 Å². The highest BCUT2D eigenvalue weighted by Gasteiger charge is 2.38. The number of piperidine rings is 1. The van der Waals surface area contributed by atoms with Gasteiger partial charge in [-0.2, -0.15) is 11.3 Å². The van der Waals surface area contributed by atoms with E-state index < -0.39 is 0 Å². The lowest BCUT2D eigenvalue weighted by atomic mass is 9.87. The Hall–Kier alpha value is -2.09. The van der Waals surface area contributed by atoms with Crippen molar-refractivity contribution in [1.82, 2.24) is 14.8 Å². The first-order valence-corrected chi connectivity index (χ1v) is 13.5. The van der Waals surface area contributed by atoms with Crippen LogP contribution in [0.5, 0.6) is 0 Å². The van der Waals surface area contributed by atoms with Gasteiger partial charge in [0.15, 0.2) is 0 Å². The van der Waals surface area contributed by atoms with Crippen molar-refractivity contribution < 1.29 is 9.18 Å². The summed E-state index contributed by atoms with van der Waals surface area (Å²) in [6.45, 7) is 8.60. The number of rotatable bonds is 5. The van der Waals surface area contributed by atoms with E-state index in [0.29, 0.717) is 17.8 Å². The minimum absolute atomic E-state index is 0.135. The molecule has 0 bridgehead atoms. The van der Waals surface area contributed by atoms with E-state index in [1.54, 1.807) is 23.5 Å². The van der Waals surface area contributed by atoms with Gasteiger partial charge >= 0.3 is 0 Å². The Morgan fingerprint density at radius 2 is 1.85 bits per heavy atom. The Morgan fingerprint density at radius 1 is 1.09 bits per heavy atom. The normalized spacial score (nSPS) is 22.2. The third-order valence-electron chi connectivity index (χ3n) is 7.22. The number of thiazole rings is 1. The first-order chi connectivity index (χ1) is 16.0. The van der Waals surface area contributed by atoms with Crippen molar-refractivity contribution in [2.75, 3.05) is 32.7 Å². The molecule has 2 aliphatic heterocycles. The number of carbonyl (C=O) groups is 1. The summed E-state index contributed by atoms with van der Waals surface area (Å²) >= 11 is 3.24. The van der Waals surface area contributed by atoms with Gasteiger partial charge in [-0.05, 0) is 91.7 Å². The lowest BCUT2D eigenvalue weighted by molar-refractivity contribution is 0.0785. The molecule has 2 fully saturated rings. The number of carbonyl (C=O) groups excluding carboxylic acids is 1. The number of aryl methyl sites for hydroxylation is 2. The fraction of sp³-hybridized carbons (Fsp3) is 0.462. The molecule has 174 valence electrons. The highest BCUT2D eigenvalue weighted by atomic mass is 32.1. The van der Waals surface area contributed by atoms with Gasteiger partial charge < -0.3 is 9.80 Å². The second-order valence-corrected chi connectivity index (χ2v) is 11.4. The fourth-order valence-corrected chi connectivity index (χ4v) is 7.09. The third kappa shape index (κ3) is 4.91. The van der Waals surface area contributed by atoms with Crippen LogP contribution in [-0.4, -0.2) is 53.4 Å². The standard InChI is InChI=1S/C26H30FN3OS2/c1-17-25(33-18(2)28-17)26(31)30-14-22(24(15-30)21-9-12-32-16-21)13-29-10-7-20(8-11-29)19-3-5-23(27)6-4-19/h3-6,9,12,16,20,22,24H,7-8,10-11,13-15H2,1-2H3. The maximum Gasteiger partial charge on any atom is 0.265 e. The van der Waals surface area contributed by atoms with Crippen LogP contribution in [0.15, 0.2) is 41.1 Å². The summed E-state index contributed by atoms with van der Waals surface area (Å²) < 4.78 is 13.3. The number of amides is 1. The Balaban J connectivity index is 1.26. The quantitative estimate of drug-likeness (QED) is 0.467. The van der Waals surface area contributed by atoms with E-state index in [9.17, 15) is 9.18 Å². The zero-order valence-electron chi connectivity index (χ0n) is 19.2. The molecule has 0 N–H and O–H groups in total. The van der Waals surface area contributed by atoms with Gasteiger partial charge in [0.05, 0.1) is 10.7 Å². The molecule has 2 aliphatic rings. The lowest BCUT2D eigenvalue weighted by Gasteiger charge is -2.34. The molecule has 1 aromatic carbocycles. The summed E-state index contributed by atoms with van der Waals surface area (Å²) in [5.74, 6) is 1.29. The van der Waals surface area contributed by atoms with Crippen LogP contribution in [0.4, 0.5) is 4.39 Å². The second-order valence-electron chi connectivity index (χ2n) is 9.41. The first kappa shape index (κ1) is 22.7. The summed E-state index contributed by atoms with van der Waals surface area (Å²) in [5.41, 5.74) is 3.46. The average molecular weight is 484 g/mol. The molecule has 4 nitrogen and oxygen atoms in total. The van der Waals surface area contributed by atoms with Crippen molar-refractivity contribution in [1.29, 1.82) is 0 Å². The molecule has 0 saturated carbocycles. The molecular formula is C26H30FN3OS2. The van der Waals surface area contributed by atoms with Gasteiger partial charge in [0, 0.05) is 25.6 Å². The molecule has 1 amide bonds. The van der Waals surface area contributed by atoms with Crippen molar-refractivity contribution >= 4 is 28.6 Å².